The summed E-state index contributed by atoms with van der Waals surface area (Å²) in [7, 11) is 0. The van der Waals surface area contributed by atoms with E-state index in [4.69, 9.17) is 26.1 Å². The molecule has 6 rings (SSSR count). The SMILES string of the molecule is Cc1nc2cc(-c3cccnn3)c(O[C@H]3CCN4C(=O)OC[C@@H]4C3)cc2c(=O)n1Cc1ccc(Cl)cc1. The Morgan fingerprint density at radius 2 is 2.00 bits per heavy atom. The highest BCUT2D eigenvalue weighted by atomic mass is 35.5. The molecule has 2 aliphatic rings. The molecule has 1 amide bonds. The molecular formula is C27H24ClN5O4. The molecule has 2 fully saturated rings. The second kappa shape index (κ2) is 9.48. The van der Waals surface area contributed by atoms with Crippen molar-refractivity contribution >= 4 is 28.6 Å². The molecule has 0 aliphatic carbocycles. The van der Waals surface area contributed by atoms with Crippen LogP contribution in [0.3, 0.4) is 0 Å². The number of cyclic esters (lactones) is 1. The Labute approximate surface area is 217 Å². The number of halogens is 1. The van der Waals surface area contributed by atoms with Crippen LogP contribution in [0.15, 0.2) is 59.5 Å². The van der Waals surface area contributed by atoms with Crippen molar-refractivity contribution in [2.75, 3.05) is 13.2 Å². The molecule has 0 N–H and O–H groups in total. The topological polar surface area (TPSA) is 99.4 Å². The monoisotopic (exact) mass is 517 g/mol. The molecule has 37 heavy (non-hydrogen) atoms. The Bertz CT molecular complexity index is 1540. The van der Waals surface area contributed by atoms with Crippen molar-refractivity contribution in [2.24, 2.45) is 0 Å². The van der Waals surface area contributed by atoms with Crippen LogP contribution in [0.2, 0.25) is 5.02 Å². The Hall–Kier alpha value is -3.98. The van der Waals surface area contributed by atoms with Gasteiger partial charge in [-0.3, -0.25) is 9.36 Å². The maximum atomic E-state index is 13.7. The van der Waals surface area contributed by atoms with Gasteiger partial charge in [0.2, 0.25) is 0 Å². The van der Waals surface area contributed by atoms with Crippen LogP contribution < -0.4 is 10.3 Å². The Morgan fingerprint density at radius 3 is 2.78 bits per heavy atom. The van der Waals surface area contributed by atoms with Gasteiger partial charge >= 0.3 is 6.09 Å². The van der Waals surface area contributed by atoms with E-state index in [2.05, 4.69) is 10.2 Å². The van der Waals surface area contributed by atoms with Crippen LogP contribution >= 0.6 is 11.6 Å². The Balaban J connectivity index is 1.41. The molecule has 0 unspecified atom stereocenters. The first-order valence-corrected chi connectivity index (χ1v) is 12.5. The predicted octanol–water partition coefficient (Wildman–Crippen LogP) is 4.23. The van der Waals surface area contributed by atoms with Crippen molar-refractivity contribution in [3.8, 4) is 17.0 Å². The lowest BCUT2D eigenvalue weighted by Gasteiger charge is -2.33. The van der Waals surface area contributed by atoms with Crippen LogP contribution in [-0.4, -0.2) is 56.0 Å². The van der Waals surface area contributed by atoms with Gasteiger partial charge in [0.15, 0.2) is 0 Å². The number of fused-ring (bicyclic) bond motifs is 2. The highest BCUT2D eigenvalue weighted by molar-refractivity contribution is 6.30. The molecule has 2 atom stereocenters. The van der Waals surface area contributed by atoms with E-state index in [1.54, 1.807) is 39.9 Å². The van der Waals surface area contributed by atoms with Gasteiger partial charge in [0.1, 0.15) is 24.3 Å². The molecule has 4 heterocycles. The molecule has 188 valence electrons. The number of carbonyl (C=O) groups excluding carboxylic acids is 1. The predicted molar refractivity (Wildman–Crippen MR) is 138 cm³/mol. The molecule has 2 aliphatic heterocycles. The van der Waals surface area contributed by atoms with E-state index in [1.807, 2.05) is 31.2 Å². The highest BCUT2D eigenvalue weighted by Crippen LogP contribution is 2.35. The van der Waals surface area contributed by atoms with Gasteiger partial charge in [-0.05, 0) is 48.9 Å². The average Bonchev–Trinajstić information content (AvgIpc) is 3.28. The molecule has 2 saturated heterocycles. The summed E-state index contributed by atoms with van der Waals surface area (Å²) < 4.78 is 13.3. The zero-order valence-electron chi connectivity index (χ0n) is 20.1. The van der Waals surface area contributed by atoms with Gasteiger partial charge in [-0.1, -0.05) is 23.7 Å². The van der Waals surface area contributed by atoms with Crippen molar-refractivity contribution in [1.29, 1.82) is 0 Å². The van der Waals surface area contributed by atoms with E-state index in [0.29, 0.717) is 71.3 Å². The van der Waals surface area contributed by atoms with Crippen LogP contribution in [0, 0.1) is 6.92 Å². The zero-order chi connectivity index (χ0) is 25.5. The number of rotatable bonds is 5. The van der Waals surface area contributed by atoms with Gasteiger partial charge in [0, 0.05) is 36.2 Å². The van der Waals surface area contributed by atoms with Gasteiger partial charge < -0.3 is 14.4 Å². The molecule has 0 radical (unpaired) electrons. The summed E-state index contributed by atoms with van der Waals surface area (Å²) in [5.41, 5.74) is 2.69. The Morgan fingerprint density at radius 1 is 1.16 bits per heavy atom. The maximum Gasteiger partial charge on any atom is 0.410 e. The van der Waals surface area contributed by atoms with E-state index in [-0.39, 0.29) is 23.8 Å². The number of carbonyl (C=O) groups is 1. The summed E-state index contributed by atoms with van der Waals surface area (Å²) in [6.45, 7) is 3.13. The van der Waals surface area contributed by atoms with Crippen LogP contribution in [0.4, 0.5) is 4.79 Å². The molecule has 0 saturated carbocycles. The molecule has 2 aromatic heterocycles. The third-order valence-corrected chi connectivity index (χ3v) is 7.20. The van der Waals surface area contributed by atoms with E-state index >= 15 is 0 Å². The third kappa shape index (κ3) is 4.51. The lowest BCUT2D eigenvalue weighted by atomic mass is 10.0. The quantitative estimate of drug-likeness (QED) is 0.390. The first kappa shape index (κ1) is 23.4. The summed E-state index contributed by atoms with van der Waals surface area (Å²) in [6, 6.07) is 14.6. The van der Waals surface area contributed by atoms with Gasteiger partial charge in [-0.25, -0.2) is 9.78 Å². The normalized spacial score (nSPS) is 19.1. The largest absolute Gasteiger partial charge is 0.490 e. The molecule has 0 bridgehead atoms. The number of ether oxygens (including phenoxy) is 2. The average molecular weight is 518 g/mol. The summed E-state index contributed by atoms with van der Waals surface area (Å²) in [6.07, 6.45) is 2.51. The Kier molecular flexibility index (Phi) is 6.00. The lowest BCUT2D eigenvalue weighted by molar-refractivity contribution is 0.0940. The number of aromatic nitrogens is 4. The van der Waals surface area contributed by atoms with E-state index in [1.165, 1.54) is 0 Å². The highest BCUT2D eigenvalue weighted by Gasteiger charge is 2.39. The standard InChI is InChI=1S/C27H24ClN5O4/c1-16-30-24-12-21(23-3-2-9-29-31-23)25(37-20-8-10-32-19(11-20)15-36-27(32)35)13-22(24)26(34)33(16)14-17-4-6-18(28)7-5-17/h2-7,9,12-13,19-20H,8,10-11,14-15H2,1H3/t19-,20-/m0/s1. The van der Waals surface area contributed by atoms with Crippen molar-refractivity contribution in [3.05, 3.63) is 81.5 Å². The summed E-state index contributed by atoms with van der Waals surface area (Å²) in [5, 5.41) is 9.39. The van der Waals surface area contributed by atoms with Crippen molar-refractivity contribution in [2.45, 2.75) is 38.5 Å². The molecule has 0 spiro atoms. The number of aryl methyl sites for hydroxylation is 1. The second-order valence-corrected chi connectivity index (χ2v) is 9.78. The second-order valence-electron chi connectivity index (χ2n) is 9.34. The van der Waals surface area contributed by atoms with Gasteiger partial charge in [-0.2, -0.15) is 10.2 Å². The van der Waals surface area contributed by atoms with E-state index in [9.17, 15) is 9.59 Å². The van der Waals surface area contributed by atoms with Crippen molar-refractivity contribution < 1.29 is 14.3 Å². The number of hydrogen-bond donors (Lipinski definition) is 0. The van der Waals surface area contributed by atoms with E-state index in [0.717, 1.165) is 5.56 Å². The molecular weight excluding hydrogens is 494 g/mol. The molecule has 10 heteroatoms. The lowest BCUT2D eigenvalue weighted by Crippen LogP contribution is -2.44. The number of benzene rings is 2. The van der Waals surface area contributed by atoms with Gasteiger partial charge in [0.25, 0.3) is 5.56 Å². The number of hydrogen-bond acceptors (Lipinski definition) is 7. The maximum absolute atomic E-state index is 13.7. The minimum absolute atomic E-state index is 0.00686. The smallest absolute Gasteiger partial charge is 0.410 e. The van der Waals surface area contributed by atoms with Crippen LogP contribution in [0.1, 0.15) is 24.2 Å². The first-order valence-electron chi connectivity index (χ1n) is 12.1. The van der Waals surface area contributed by atoms with Crippen molar-refractivity contribution in [3.63, 3.8) is 0 Å². The molecule has 2 aromatic carbocycles. The number of piperidine rings is 1. The summed E-state index contributed by atoms with van der Waals surface area (Å²) in [5.74, 6) is 1.14. The zero-order valence-corrected chi connectivity index (χ0v) is 20.9. The third-order valence-electron chi connectivity index (χ3n) is 6.94. The van der Waals surface area contributed by atoms with Crippen LogP contribution in [-0.2, 0) is 11.3 Å². The van der Waals surface area contributed by atoms with Crippen molar-refractivity contribution in [1.82, 2.24) is 24.6 Å². The van der Waals surface area contributed by atoms with Crippen LogP contribution in [0.5, 0.6) is 5.75 Å². The van der Waals surface area contributed by atoms with Gasteiger partial charge in [0.05, 0.1) is 29.2 Å². The molecule has 9 nitrogen and oxygen atoms in total. The minimum Gasteiger partial charge on any atom is -0.490 e. The van der Waals surface area contributed by atoms with Gasteiger partial charge in [-0.15, -0.1) is 0 Å². The minimum atomic E-state index is -0.267. The fourth-order valence-corrected chi connectivity index (χ4v) is 5.14. The summed E-state index contributed by atoms with van der Waals surface area (Å²) in [4.78, 5) is 32.1. The first-order chi connectivity index (χ1) is 18.0. The number of nitrogens with zero attached hydrogens (tertiary/aromatic N) is 5. The number of amides is 1. The van der Waals surface area contributed by atoms with E-state index < -0.39 is 0 Å². The fourth-order valence-electron chi connectivity index (χ4n) is 5.01. The van der Waals surface area contributed by atoms with Crippen LogP contribution in [0.25, 0.3) is 22.2 Å². The summed E-state index contributed by atoms with van der Waals surface area (Å²) >= 11 is 6.02. The molecule has 4 aromatic rings. The fraction of sp³-hybridized carbons (Fsp3) is 0.296.